The van der Waals surface area contributed by atoms with E-state index in [0.717, 1.165) is 18.7 Å². The van der Waals surface area contributed by atoms with Gasteiger partial charge in [-0.25, -0.2) is 0 Å². The zero-order chi connectivity index (χ0) is 14.0. The Labute approximate surface area is 113 Å². The third-order valence-electron chi connectivity index (χ3n) is 3.59. The summed E-state index contributed by atoms with van der Waals surface area (Å²) in [7, 11) is 0. The van der Waals surface area contributed by atoms with Gasteiger partial charge in [-0.2, -0.15) is 0 Å². The highest BCUT2D eigenvalue weighted by molar-refractivity contribution is 5.83. The van der Waals surface area contributed by atoms with Crippen LogP contribution in [0.2, 0.25) is 0 Å². The van der Waals surface area contributed by atoms with Crippen LogP contribution >= 0.6 is 0 Å². The number of aryl methyl sites for hydroxylation is 1. The number of amides is 1. The van der Waals surface area contributed by atoms with Gasteiger partial charge in [0.15, 0.2) is 0 Å². The maximum Gasteiger partial charge on any atom is 0.251 e. The van der Waals surface area contributed by atoms with E-state index in [2.05, 4.69) is 5.32 Å². The minimum absolute atomic E-state index is 0.00157. The fourth-order valence-electron chi connectivity index (χ4n) is 2.39. The van der Waals surface area contributed by atoms with Crippen LogP contribution < -0.4 is 10.9 Å². The highest BCUT2D eigenvalue weighted by Crippen LogP contribution is 2.17. The summed E-state index contributed by atoms with van der Waals surface area (Å²) in [6, 6.07) is 3.28. The average Bonchev–Trinajstić information content (AvgIpc) is 2.41. The molecule has 19 heavy (non-hydrogen) atoms. The van der Waals surface area contributed by atoms with E-state index in [1.54, 1.807) is 26.1 Å². The lowest BCUT2D eigenvalue weighted by Crippen LogP contribution is -2.55. The van der Waals surface area contributed by atoms with Crippen molar-refractivity contribution in [2.75, 3.05) is 26.2 Å². The molecule has 0 saturated carbocycles. The Morgan fingerprint density at radius 1 is 1.26 bits per heavy atom. The van der Waals surface area contributed by atoms with Crippen LogP contribution in [0.5, 0.6) is 0 Å². The van der Waals surface area contributed by atoms with Crippen molar-refractivity contribution in [3.05, 3.63) is 34.2 Å². The smallest absolute Gasteiger partial charge is 0.251 e. The molecule has 5 heteroatoms. The summed E-state index contributed by atoms with van der Waals surface area (Å²) in [4.78, 5) is 26.4. The largest absolute Gasteiger partial charge is 0.338 e. The summed E-state index contributed by atoms with van der Waals surface area (Å²) in [6.07, 6.45) is 1.75. The fourth-order valence-corrected chi connectivity index (χ4v) is 2.39. The van der Waals surface area contributed by atoms with Gasteiger partial charge < -0.3 is 14.8 Å². The van der Waals surface area contributed by atoms with E-state index in [-0.39, 0.29) is 11.5 Å². The Kier molecular flexibility index (Phi) is 3.75. The summed E-state index contributed by atoms with van der Waals surface area (Å²) in [5, 5.41) is 3.22. The van der Waals surface area contributed by atoms with Gasteiger partial charge in [-0.1, -0.05) is 6.07 Å². The molecule has 1 N–H and O–H groups in total. The van der Waals surface area contributed by atoms with Crippen LogP contribution in [-0.4, -0.2) is 41.6 Å². The third kappa shape index (κ3) is 2.71. The van der Waals surface area contributed by atoms with Crippen molar-refractivity contribution in [1.82, 2.24) is 14.8 Å². The lowest BCUT2D eigenvalue weighted by Gasteiger charge is -2.35. The van der Waals surface area contributed by atoms with Gasteiger partial charge in [0, 0.05) is 38.4 Å². The fraction of sp³-hybridized carbons (Fsp3) is 0.571. The van der Waals surface area contributed by atoms with Crippen molar-refractivity contribution in [2.45, 2.75) is 26.3 Å². The zero-order valence-corrected chi connectivity index (χ0v) is 11.8. The minimum atomic E-state index is -0.847. The van der Waals surface area contributed by atoms with E-state index < -0.39 is 5.54 Å². The van der Waals surface area contributed by atoms with Crippen LogP contribution in [0.4, 0.5) is 0 Å². The second kappa shape index (κ2) is 5.17. The first-order valence-electron chi connectivity index (χ1n) is 6.63. The van der Waals surface area contributed by atoms with Crippen molar-refractivity contribution in [2.24, 2.45) is 0 Å². The first kappa shape index (κ1) is 13.8. The number of rotatable bonds is 2. The number of piperazine rings is 1. The van der Waals surface area contributed by atoms with Gasteiger partial charge in [0.2, 0.25) is 5.91 Å². The molecule has 0 aromatic carbocycles. The summed E-state index contributed by atoms with van der Waals surface area (Å²) in [5.74, 6) is 0.00157. The van der Waals surface area contributed by atoms with E-state index in [1.165, 1.54) is 10.6 Å². The molecule has 0 unspecified atom stereocenters. The summed E-state index contributed by atoms with van der Waals surface area (Å²) in [5.41, 5.74) is -0.0136. The first-order chi connectivity index (χ1) is 8.93. The number of hydrogen-bond donors (Lipinski definition) is 1. The van der Waals surface area contributed by atoms with Crippen LogP contribution in [0.25, 0.3) is 0 Å². The molecule has 1 aromatic heterocycles. The molecule has 1 saturated heterocycles. The van der Waals surface area contributed by atoms with Gasteiger partial charge in [0.05, 0.1) is 0 Å². The molecule has 0 spiro atoms. The van der Waals surface area contributed by atoms with E-state index in [0.29, 0.717) is 13.1 Å². The number of nitrogens with one attached hydrogen (secondary N) is 1. The maximum atomic E-state index is 12.6. The van der Waals surface area contributed by atoms with Crippen molar-refractivity contribution in [1.29, 1.82) is 0 Å². The van der Waals surface area contributed by atoms with Crippen LogP contribution in [0.15, 0.2) is 23.1 Å². The number of carbonyl (C=O) groups is 1. The molecule has 0 atom stereocenters. The predicted molar refractivity (Wildman–Crippen MR) is 74.2 cm³/mol. The summed E-state index contributed by atoms with van der Waals surface area (Å²) in [6.45, 7) is 8.54. The zero-order valence-electron chi connectivity index (χ0n) is 11.8. The van der Waals surface area contributed by atoms with Crippen molar-refractivity contribution in [3.63, 3.8) is 0 Å². The highest BCUT2D eigenvalue weighted by atomic mass is 16.2. The molecule has 5 nitrogen and oxygen atoms in total. The quantitative estimate of drug-likeness (QED) is 0.836. The Balaban J connectivity index is 2.32. The van der Waals surface area contributed by atoms with Crippen LogP contribution in [-0.2, 0) is 10.3 Å². The molecule has 2 heterocycles. The van der Waals surface area contributed by atoms with Gasteiger partial charge in [-0.3, -0.25) is 9.59 Å². The summed E-state index contributed by atoms with van der Waals surface area (Å²) < 4.78 is 1.53. The van der Waals surface area contributed by atoms with Gasteiger partial charge in [-0.05, 0) is 26.3 Å². The molecule has 2 rings (SSSR count). The second-order valence-corrected chi connectivity index (χ2v) is 5.52. The number of carbonyl (C=O) groups excluding carboxylic acids is 1. The Morgan fingerprint density at radius 2 is 1.89 bits per heavy atom. The monoisotopic (exact) mass is 263 g/mol. The molecule has 1 aliphatic heterocycles. The van der Waals surface area contributed by atoms with E-state index in [1.807, 2.05) is 11.8 Å². The Morgan fingerprint density at radius 3 is 2.53 bits per heavy atom. The molecular weight excluding hydrogens is 242 g/mol. The summed E-state index contributed by atoms with van der Waals surface area (Å²) >= 11 is 0. The number of aromatic nitrogens is 1. The highest BCUT2D eigenvalue weighted by Gasteiger charge is 2.34. The van der Waals surface area contributed by atoms with Crippen molar-refractivity contribution < 1.29 is 4.79 Å². The SMILES string of the molecule is Cc1ccc(=O)n(C(C)(C)C(=O)N2CCNCC2)c1. The molecule has 1 amide bonds. The second-order valence-electron chi connectivity index (χ2n) is 5.52. The number of nitrogens with zero attached hydrogens (tertiary/aromatic N) is 2. The van der Waals surface area contributed by atoms with Crippen molar-refractivity contribution >= 4 is 5.91 Å². The standard InChI is InChI=1S/C14H21N3O2/c1-11-4-5-12(18)17(10-11)14(2,3)13(19)16-8-6-15-7-9-16/h4-5,10,15H,6-9H2,1-3H3. The topological polar surface area (TPSA) is 54.3 Å². The average molecular weight is 263 g/mol. The molecule has 1 aromatic rings. The lowest BCUT2D eigenvalue weighted by molar-refractivity contribution is -0.140. The van der Waals surface area contributed by atoms with E-state index in [4.69, 9.17) is 0 Å². The Hall–Kier alpha value is -1.62. The van der Waals surface area contributed by atoms with E-state index >= 15 is 0 Å². The van der Waals surface area contributed by atoms with Crippen LogP contribution in [0, 0.1) is 6.92 Å². The number of pyridine rings is 1. The first-order valence-corrected chi connectivity index (χ1v) is 6.63. The molecule has 104 valence electrons. The molecule has 0 aliphatic carbocycles. The third-order valence-corrected chi connectivity index (χ3v) is 3.59. The predicted octanol–water partition coefficient (Wildman–Crippen LogP) is 0.324. The van der Waals surface area contributed by atoms with Gasteiger partial charge >= 0.3 is 0 Å². The minimum Gasteiger partial charge on any atom is -0.338 e. The van der Waals surface area contributed by atoms with Crippen LogP contribution in [0.3, 0.4) is 0 Å². The van der Waals surface area contributed by atoms with Crippen molar-refractivity contribution in [3.8, 4) is 0 Å². The lowest BCUT2D eigenvalue weighted by atomic mass is 10.0. The Bertz CT molecular complexity index is 528. The molecular formula is C14H21N3O2. The molecule has 0 bridgehead atoms. The number of hydrogen-bond acceptors (Lipinski definition) is 3. The normalized spacial score (nSPS) is 16.5. The van der Waals surface area contributed by atoms with Gasteiger partial charge in [-0.15, -0.1) is 0 Å². The van der Waals surface area contributed by atoms with Gasteiger partial charge in [0.1, 0.15) is 5.54 Å². The molecule has 0 radical (unpaired) electrons. The van der Waals surface area contributed by atoms with Gasteiger partial charge in [0.25, 0.3) is 5.56 Å². The van der Waals surface area contributed by atoms with E-state index in [9.17, 15) is 9.59 Å². The maximum absolute atomic E-state index is 12.6. The van der Waals surface area contributed by atoms with Crippen LogP contribution in [0.1, 0.15) is 19.4 Å². The molecule has 1 aliphatic rings. The molecule has 1 fully saturated rings.